The Kier molecular flexibility index (Phi) is 5.31. The van der Waals surface area contributed by atoms with Crippen molar-refractivity contribution >= 4 is 33.7 Å². The summed E-state index contributed by atoms with van der Waals surface area (Å²) in [6.07, 6.45) is 4.55. The number of nitrogens with zero attached hydrogens (tertiary/aromatic N) is 3. The Morgan fingerprint density at radius 1 is 1.16 bits per heavy atom. The van der Waals surface area contributed by atoms with Crippen LogP contribution in [-0.2, 0) is 11.3 Å². The van der Waals surface area contributed by atoms with Crippen LogP contribution in [0.5, 0.6) is 0 Å². The third-order valence-electron chi connectivity index (χ3n) is 4.41. The van der Waals surface area contributed by atoms with Crippen LogP contribution >= 0.6 is 0 Å². The van der Waals surface area contributed by atoms with Gasteiger partial charge >= 0.3 is 0 Å². The molecule has 1 amide bonds. The Morgan fingerprint density at radius 2 is 1.96 bits per heavy atom. The molecule has 0 fully saturated rings. The first-order valence-corrected chi connectivity index (χ1v) is 9.20. The summed E-state index contributed by atoms with van der Waals surface area (Å²) in [7, 11) is 0. The second-order valence-corrected chi connectivity index (χ2v) is 6.63. The fraction of sp³-hybridized carbons (Fsp3) is 0.450. The number of nitrogens with one attached hydrogen (secondary N) is 1. The summed E-state index contributed by atoms with van der Waals surface area (Å²) in [5.41, 5.74) is 3.00. The highest BCUT2D eigenvalue weighted by molar-refractivity contribution is 6.02. The average molecular weight is 338 g/mol. The molecule has 0 bridgehead atoms. The lowest BCUT2D eigenvalue weighted by atomic mass is 10.1. The highest BCUT2D eigenvalue weighted by Gasteiger charge is 2.15. The molecule has 0 aliphatic carbocycles. The van der Waals surface area contributed by atoms with E-state index in [9.17, 15) is 4.79 Å². The van der Waals surface area contributed by atoms with Crippen LogP contribution in [0.25, 0.3) is 21.9 Å². The number of unbranched alkanes of at least 4 members (excludes halogenated alkanes) is 2. The molecule has 5 nitrogen and oxygen atoms in total. The van der Waals surface area contributed by atoms with Gasteiger partial charge in [-0.2, -0.15) is 5.10 Å². The zero-order chi connectivity index (χ0) is 17.8. The Labute approximate surface area is 148 Å². The molecule has 3 rings (SSSR count). The molecule has 0 saturated carbocycles. The van der Waals surface area contributed by atoms with Crippen LogP contribution in [0, 0.1) is 6.92 Å². The maximum atomic E-state index is 12.2. The van der Waals surface area contributed by atoms with Crippen LogP contribution in [0.15, 0.2) is 24.3 Å². The molecule has 0 atom stereocenters. The van der Waals surface area contributed by atoms with Crippen molar-refractivity contribution in [3.05, 3.63) is 29.8 Å². The highest BCUT2D eigenvalue weighted by atomic mass is 16.1. The van der Waals surface area contributed by atoms with Crippen molar-refractivity contribution in [2.24, 2.45) is 0 Å². The first-order chi connectivity index (χ1) is 12.1. The average Bonchev–Trinajstić information content (AvgIpc) is 2.93. The minimum absolute atomic E-state index is 0.0215. The fourth-order valence-corrected chi connectivity index (χ4v) is 2.97. The normalized spacial score (nSPS) is 11.3. The van der Waals surface area contributed by atoms with Crippen molar-refractivity contribution < 1.29 is 4.79 Å². The molecule has 0 spiro atoms. The molecule has 0 radical (unpaired) electrons. The molecule has 0 unspecified atom stereocenters. The number of amides is 1. The third-order valence-corrected chi connectivity index (χ3v) is 4.41. The van der Waals surface area contributed by atoms with Gasteiger partial charge in [0.2, 0.25) is 5.91 Å². The number of aryl methyl sites for hydroxylation is 2. The fourth-order valence-electron chi connectivity index (χ4n) is 2.97. The SMILES string of the molecule is CCCCC(=O)Nc1nn(CCCC)c2nc3ccc(C)cc3cc12. The van der Waals surface area contributed by atoms with Crippen LogP contribution in [0.1, 0.15) is 51.5 Å². The van der Waals surface area contributed by atoms with Crippen LogP contribution in [0.3, 0.4) is 0 Å². The third kappa shape index (κ3) is 3.81. The van der Waals surface area contributed by atoms with Gasteiger partial charge < -0.3 is 5.32 Å². The number of aromatic nitrogens is 3. The molecule has 3 aromatic rings. The van der Waals surface area contributed by atoms with Crippen molar-refractivity contribution in [3.8, 4) is 0 Å². The van der Waals surface area contributed by atoms with E-state index >= 15 is 0 Å². The predicted molar refractivity (Wildman–Crippen MR) is 103 cm³/mol. The number of carbonyl (C=O) groups is 1. The number of benzene rings is 1. The molecule has 1 N–H and O–H groups in total. The number of anilines is 1. The number of carbonyl (C=O) groups excluding carboxylic acids is 1. The van der Waals surface area contributed by atoms with Gasteiger partial charge in [-0.1, -0.05) is 38.3 Å². The maximum absolute atomic E-state index is 12.2. The highest BCUT2D eigenvalue weighted by Crippen LogP contribution is 2.27. The van der Waals surface area contributed by atoms with E-state index in [2.05, 4.69) is 49.4 Å². The van der Waals surface area contributed by atoms with Gasteiger partial charge in [0.05, 0.1) is 10.9 Å². The zero-order valence-electron chi connectivity index (χ0n) is 15.3. The summed E-state index contributed by atoms with van der Waals surface area (Å²) in [5, 5.41) is 9.62. The van der Waals surface area contributed by atoms with E-state index in [1.54, 1.807) is 0 Å². The van der Waals surface area contributed by atoms with Crippen molar-refractivity contribution in [3.63, 3.8) is 0 Å². The van der Waals surface area contributed by atoms with Gasteiger partial charge in [0.1, 0.15) is 0 Å². The minimum Gasteiger partial charge on any atom is -0.309 e. The van der Waals surface area contributed by atoms with E-state index in [1.165, 1.54) is 5.56 Å². The van der Waals surface area contributed by atoms with E-state index < -0.39 is 0 Å². The Hall–Kier alpha value is -2.43. The Bertz CT molecular complexity index is 897. The smallest absolute Gasteiger partial charge is 0.225 e. The van der Waals surface area contributed by atoms with Gasteiger partial charge in [-0.05, 0) is 38.0 Å². The number of fused-ring (bicyclic) bond motifs is 2. The maximum Gasteiger partial charge on any atom is 0.225 e. The van der Waals surface area contributed by atoms with E-state index in [0.29, 0.717) is 12.2 Å². The van der Waals surface area contributed by atoms with Gasteiger partial charge in [-0.25, -0.2) is 9.67 Å². The molecular weight excluding hydrogens is 312 g/mol. The molecule has 0 aliphatic rings. The molecule has 0 aliphatic heterocycles. The molecule has 2 aromatic heterocycles. The number of hydrogen-bond donors (Lipinski definition) is 1. The van der Waals surface area contributed by atoms with Crippen molar-refractivity contribution in [2.75, 3.05) is 5.32 Å². The standard InChI is InChI=1S/C20H26N4O/c1-4-6-8-18(25)22-19-16-13-15-12-14(3)9-10-17(15)21-20(16)24(23-19)11-7-5-2/h9-10,12-13H,4-8,11H2,1-3H3,(H,22,23,25). The quantitative estimate of drug-likeness (QED) is 0.672. The van der Waals surface area contributed by atoms with Crippen molar-refractivity contribution in [1.82, 2.24) is 14.8 Å². The lowest BCUT2D eigenvalue weighted by Gasteiger charge is -2.03. The van der Waals surface area contributed by atoms with Gasteiger partial charge in [-0.15, -0.1) is 0 Å². The van der Waals surface area contributed by atoms with Gasteiger partial charge in [0, 0.05) is 18.4 Å². The largest absolute Gasteiger partial charge is 0.309 e. The van der Waals surface area contributed by atoms with Gasteiger partial charge in [0.15, 0.2) is 11.5 Å². The van der Waals surface area contributed by atoms with Crippen LogP contribution < -0.4 is 5.32 Å². The molecule has 5 heteroatoms. The van der Waals surface area contributed by atoms with E-state index in [4.69, 9.17) is 4.98 Å². The molecular formula is C20H26N4O. The van der Waals surface area contributed by atoms with Crippen LogP contribution in [0.2, 0.25) is 0 Å². The van der Waals surface area contributed by atoms with E-state index in [-0.39, 0.29) is 5.91 Å². The second-order valence-electron chi connectivity index (χ2n) is 6.63. The second kappa shape index (κ2) is 7.64. The van der Waals surface area contributed by atoms with Crippen LogP contribution in [-0.4, -0.2) is 20.7 Å². The van der Waals surface area contributed by atoms with Crippen molar-refractivity contribution in [1.29, 1.82) is 0 Å². The molecule has 1 aromatic carbocycles. The van der Waals surface area contributed by atoms with E-state index in [1.807, 2.05) is 10.7 Å². The monoisotopic (exact) mass is 338 g/mol. The summed E-state index contributed by atoms with van der Waals surface area (Å²) in [5.74, 6) is 0.649. The first-order valence-electron chi connectivity index (χ1n) is 9.20. The number of hydrogen-bond acceptors (Lipinski definition) is 3. The summed E-state index contributed by atoms with van der Waals surface area (Å²) in [6.45, 7) is 7.12. The lowest BCUT2D eigenvalue weighted by molar-refractivity contribution is -0.116. The van der Waals surface area contributed by atoms with Crippen LogP contribution in [0.4, 0.5) is 5.82 Å². The summed E-state index contributed by atoms with van der Waals surface area (Å²) in [6, 6.07) is 8.32. The molecule has 132 valence electrons. The predicted octanol–water partition coefficient (Wildman–Crippen LogP) is 4.82. The summed E-state index contributed by atoms with van der Waals surface area (Å²) >= 11 is 0. The first kappa shape index (κ1) is 17.4. The van der Waals surface area contributed by atoms with Gasteiger partial charge in [0.25, 0.3) is 0 Å². The Morgan fingerprint density at radius 3 is 2.72 bits per heavy atom. The van der Waals surface area contributed by atoms with Crippen molar-refractivity contribution in [2.45, 2.75) is 59.4 Å². The number of rotatable bonds is 7. The number of pyridine rings is 1. The Balaban J connectivity index is 2.06. The van der Waals surface area contributed by atoms with E-state index in [0.717, 1.165) is 54.2 Å². The molecule has 0 saturated heterocycles. The zero-order valence-corrected chi connectivity index (χ0v) is 15.3. The summed E-state index contributed by atoms with van der Waals surface area (Å²) in [4.78, 5) is 17.0. The summed E-state index contributed by atoms with van der Waals surface area (Å²) < 4.78 is 1.92. The topological polar surface area (TPSA) is 59.8 Å². The minimum atomic E-state index is 0.0215. The lowest BCUT2D eigenvalue weighted by Crippen LogP contribution is -2.12. The molecule has 2 heterocycles. The molecule has 25 heavy (non-hydrogen) atoms. The van der Waals surface area contributed by atoms with Gasteiger partial charge in [-0.3, -0.25) is 4.79 Å².